The minimum Gasteiger partial charge on any atom is -0.480 e. The normalized spacial score (nSPS) is 14.8. The van der Waals surface area contributed by atoms with Crippen molar-refractivity contribution in [3.63, 3.8) is 0 Å². The predicted octanol–water partition coefficient (Wildman–Crippen LogP) is 4.48. The van der Waals surface area contributed by atoms with Gasteiger partial charge >= 0.3 is 36.4 Å². The van der Waals surface area contributed by atoms with Crippen LogP contribution in [0.1, 0.15) is 30.4 Å². The Morgan fingerprint density at radius 3 is 2.02 bits per heavy atom. The lowest BCUT2D eigenvalue weighted by atomic mass is 10.0. The molecule has 0 saturated carbocycles. The third-order valence-corrected chi connectivity index (χ3v) is 9.18. The van der Waals surface area contributed by atoms with Gasteiger partial charge in [-0.1, -0.05) is 72.8 Å². The molecule has 7 N–H and O–H groups in total. The quantitative estimate of drug-likeness (QED) is 0.109. The number of fused-ring (bicyclic) bond motifs is 1. The number of carbonyl (C=O) groups excluding carboxylic acids is 3. The van der Waals surface area contributed by atoms with E-state index in [4.69, 9.17) is 30.3 Å². The fraction of sp³-hybridized carbons (Fsp3) is 0.421. The highest BCUT2D eigenvalue weighted by Crippen LogP contribution is 2.24. The van der Waals surface area contributed by atoms with Gasteiger partial charge in [-0.3, -0.25) is 14.5 Å². The highest BCUT2D eigenvalue weighted by Gasteiger charge is 2.39. The van der Waals surface area contributed by atoms with Gasteiger partial charge in [0.25, 0.3) is 0 Å². The number of alkyl halides is 6. The average Bonchev–Trinajstić information content (AvgIpc) is 3.65. The number of carboxylic acids is 3. The van der Waals surface area contributed by atoms with Crippen LogP contribution in [-0.4, -0.2) is 130 Å². The number of alkyl carbamates (subject to hydrolysis) is 1. The van der Waals surface area contributed by atoms with Crippen LogP contribution in [-0.2, 0) is 41.9 Å². The van der Waals surface area contributed by atoms with E-state index < -0.39 is 54.3 Å². The Morgan fingerprint density at radius 1 is 0.867 bits per heavy atom. The fourth-order valence-corrected chi connectivity index (χ4v) is 6.21. The second-order valence-corrected chi connectivity index (χ2v) is 14.0. The van der Waals surface area contributed by atoms with Crippen LogP contribution in [0.2, 0.25) is 0 Å². The molecule has 3 amide bonds. The van der Waals surface area contributed by atoms with Crippen LogP contribution in [0, 0.1) is 0 Å². The molecule has 4 rings (SSSR count). The number of benzene rings is 3. The largest absolute Gasteiger partial charge is 0.490 e. The van der Waals surface area contributed by atoms with E-state index in [1.807, 2.05) is 84.0 Å². The number of nitrogens with two attached hydrogens (primary N) is 1. The SMILES string of the molecule is CSCC[C@H](NC(=O)CN(Cc1cccc2ccccc12)C[C@@H]1CCCN1C(=O)[C@H](CN)NC(=O)OCc1ccccc1)C(=O)O.O=C(O)C(F)(F)F.O=C(O)C(F)(F)F. The van der Waals surface area contributed by atoms with Gasteiger partial charge in [0.1, 0.15) is 18.7 Å². The van der Waals surface area contributed by atoms with E-state index in [-0.39, 0.29) is 31.6 Å². The molecule has 0 bridgehead atoms. The minimum atomic E-state index is -5.08. The Bertz CT molecular complexity index is 1860. The zero-order valence-electron chi connectivity index (χ0n) is 32.1. The number of likely N-dealkylation sites (tertiary alicyclic amines) is 1. The summed E-state index contributed by atoms with van der Waals surface area (Å²) in [6, 6.07) is 21.1. The van der Waals surface area contributed by atoms with Crippen molar-refractivity contribution >= 4 is 58.3 Å². The Hall–Kier alpha value is -5.61. The topological polar surface area (TPSA) is 229 Å². The Labute approximate surface area is 344 Å². The van der Waals surface area contributed by atoms with Crippen LogP contribution in [0.5, 0.6) is 0 Å². The molecule has 1 aliphatic rings. The zero-order chi connectivity index (χ0) is 45.0. The number of ether oxygens (including phenoxy) is 1. The second-order valence-electron chi connectivity index (χ2n) is 13.0. The summed E-state index contributed by atoms with van der Waals surface area (Å²) in [5.41, 5.74) is 7.78. The van der Waals surface area contributed by atoms with E-state index in [1.165, 1.54) is 11.8 Å². The molecule has 330 valence electrons. The fourth-order valence-electron chi connectivity index (χ4n) is 5.73. The van der Waals surface area contributed by atoms with Gasteiger partial charge in [0, 0.05) is 32.2 Å². The zero-order valence-corrected chi connectivity index (χ0v) is 32.9. The third kappa shape index (κ3) is 17.7. The molecule has 0 spiro atoms. The molecule has 3 aromatic rings. The lowest BCUT2D eigenvalue weighted by Crippen LogP contribution is -2.55. The number of hydrogen-bond acceptors (Lipinski definition) is 10. The Kier molecular flexibility index (Phi) is 20.6. The molecule has 60 heavy (non-hydrogen) atoms. The first kappa shape index (κ1) is 50.5. The van der Waals surface area contributed by atoms with Gasteiger partial charge in [-0.15, -0.1) is 0 Å². The molecule has 15 nitrogen and oxygen atoms in total. The van der Waals surface area contributed by atoms with Crippen molar-refractivity contribution in [2.75, 3.05) is 38.2 Å². The van der Waals surface area contributed by atoms with Crippen molar-refractivity contribution in [2.24, 2.45) is 5.73 Å². The van der Waals surface area contributed by atoms with E-state index in [0.29, 0.717) is 38.2 Å². The smallest absolute Gasteiger partial charge is 0.480 e. The van der Waals surface area contributed by atoms with Gasteiger partial charge in [-0.2, -0.15) is 38.1 Å². The third-order valence-electron chi connectivity index (χ3n) is 8.54. The average molecular weight is 878 g/mol. The van der Waals surface area contributed by atoms with Gasteiger partial charge in [0.15, 0.2) is 0 Å². The molecule has 0 aromatic heterocycles. The summed E-state index contributed by atoms with van der Waals surface area (Å²) < 4.78 is 68.8. The highest BCUT2D eigenvalue weighted by atomic mass is 32.2. The lowest BCUT2D eigenvalue weighted by molar-refractivity contribution is -0.193. The molecular weight excluding hydrogens is 832 g/mol. The van der Waals surface area contributed by atoms with Crippen LogP contribution < -0.4 is 16.4 Å². The maximum atomic E-state index is 13.7. The van der Waals surface area contributed by atoms with Crippen LogP contribution in [0.25, 0.3) is 10.8 Å². The summed E-state index contributed by atoms with van der Waals surface area (Å²) in [7, 11) is 0. The maximum Gasteiger partial charge on any atom is 0.490 e. The molecule has 1 fully saturated rings. The van der Waals surface area contributed by atoms with Crippen molar-refractivity contribution in [2.45, 2.75) is 62.9 Å². The number of nitrogens with zero attached hydrogens (tertiary/aromatic N) is 2. The van der Waals surface area contributed by atoms with Crippen molar-refractivity contribution in [1.29, 1.82) is 0 Å². The van der Waals surface area contributed by atoms with E-state index >= 15 is 0 Å². The number of rotatable bonds is 16. The number of hydrogen-bond donors (Lipinski definition) is 6. The molecule has 3 atom stereocenters. The minimum absolute atomic E-state index is 0.0464. The van der Waals surface area contributed by atoms with Crippen molar-refractivity contribution in [3.05, 3.63) is 83.9 Å². The molecule has 0 radical (unpaired) electrons. The molecule has 1 aliphatic heterocycles. The van der Waals surface area contributed by atoms with Crippen molar-refractivity contribution in [1.82, 2.24) is 20.4 Å². The number of halogens is 6. The molecular formula is C38H45F6N5O10S. The number of nitrogens with one attached hydrogen (secondary N) is 2. The first-order valence-electron chi connectivity index (χ1n) is 18.0. The first-order valence-corrected chi connectivity index (χ1v) is 19.3. The molecule has 3 aromatic carbocycles. The van der Waals surface area contributed by atoms with Gasteiger partial charge < -0.3 is 41.3 Å². The Morgan fingerprint density at radius 2 is 1.45 bits per heavy atom. The summed E-state index contributed by atoms with van der Waals surface area (Å²) in [4.78, 5) is 72.7. The monoisotopic (exact) mass is 877 g/mol. The van der Waals surface area contributed by atoms with Crippen LogP contribution in [0.4, 0.5) is 31.1 Å². The van der Waals surface area contributed by atoms with Crippen LogP contribution in [0.15, 0.2) is 72.8 Å². The number of aliphatic carboxylic acids is 3. The molecule has 0 aliphatic carbocycles. The number of carbonyl (C=O) groups is 6. The number of carboxylic acid groups (broad SMARTS) is 3. The second kappa shape index (κ2) is 24.5. The van der Waals surface area contributed by atoms with Gasteiger partial charge in [0.05, 0.1) is 6.54 Å². The standard InChI is InChI=1S/C34H43N5O6S.2C2HF3O2/c1-46-18-16-29(33(42)43)36-31(40)22-38(20-26-13-7-12-25-11-5-6-15-28(25)26)21-27-14-8-17-39(27)32(41)30(19-35)37-34(44)45-23-24-9-3-2-4-10-24;2*3-2(4,5)1(6)7/h2-7,9-13,15,27,29-30H,8,14,16-23,35H2,1H3,(H,36,40)(H,37,44)(H,42,43);2*(H,6,7)/t27-,29-,30-;;/m0../s1. The lowest BCUT2D eigenvalue weighted by Gasteiger charge is -2.33. The van der Waals surface area contributed by atoms with E-state index in [1.54, 1.807) is 4.90 Å². The number of thioether (sulfide) groups is 1. The van der Waals surface area contributed by atoms with E-state index in [0.717, 1.165) is 28.3 Å². The number of amides is 3. The first-order chi connectivity index (χ1) is 28.2. The summed E-state index contributed by atoms with van der Waals surface area (Å²) in [6.07, 6.45) is -7.22. The van der Waals surface area contributed by atoms with Gasteiger partial charge in [0.2, 0.25) is 11.8 Å². The molecule has 1 saturated heterocycles. The summed E-state index contributed by atoms with van der Waals surface area (Å²) in [6.45, 7) is 1.20. The van der Waals surface area contributed by atoms with Gasteiger partial charge in [-0.05, 0) is 53.2 Å². The van der Waals surface area contributed by atoms with Crippen molar-refractivity contribution in [3.8, 4) is 0 Å². The predicted molar refractivity (Wildman–Crippen MR) is 207 cm³/mol. The van der Waals surface area contributed by atoms with Crippen LogP contribution >= 0.6 is 11.8 Å². The van der Waals surface area contributed by atoms with Gasteiger partial charge in [-0.25, -0.2) is 19.2 Å². The highest BCUT2D eigenvalue weighted by molar-refractivity contribution is 7.98. The molecule has 0 unspecified atom stereocenters. The maximum absolute atomic E-state index is 13.7. The summed E-state index contributed by atoms with van der Waals surface area (Å²) >= 11 is 1.52. The summed E-state index contributed by atoms with van der Waals surface area (Å²) in [5, 5.41) is 31.3. The molecule has 22 heteroatoms. The summed E-state index contributed by atoms with van der Waals surface area (Å²) in [5.74, 6) is -6.68. The Balaban J connectivity index is 0.000000758. The van der Waals surface area contributed by atoms with E-state index in [2.05, 4.69) is 10.6 Å². The van der Waals surface area contributed by atoms with Crippen molar-refractivity contribution < 1.29 is 75.2 Å². The van der Waals surface area contributed by atoms with Crippen LogP contribution in [0.3, 0.4) is 0 Å². The molecule has 1 heterocycles. The van der Waals surface area contributed by atoms with E-state index in [9.17, 15) is 50.6 Å².